The summed E-state index contributed by atoms with van der Waals surface area (Å²) in [4.78, 5) is 32.6. The minimum absolute atomic E-state index is 0.219. The van der Waals surface area contributed by atoms with Gasteiger partial charge in [0, 0.05) is 51.7 Å². The zero-order valence-corrected chi connectivity index (χ0v) is 15.0. The van der Waals surface area contributed by atoms with Crippen LogP contribution in [-0.4, -0.2) is 93.2 Å². The fourth-order valence-corrected chi connectivity index (χ4v) is 2.44. The van der Waals surface area contributed by atoms with Crippen molar-refractivity contribution in [1.82, 2.24) is 25.4 Å². The van der Waals surface area contributed by atoms with Crippen LogP contribution in [0.5, 0.6) is 0 Å². The quantitative estimate of drug-likeness (QED) is 0.654. The minimum Gasteiger partial charge on any atom is -0.379 e. The van der Waals surface area contributed by atoms with E-state index in [-0.39, 0.29) is 11.8 Å². The molecule has 0 radical (unpaired) electrons. The van der Waals surface area contributed by atoms with Gasteiger partial charge in [0.05, 0.1) is 24.3 Å². The first-order valence-corrected chi connectivity index (χ1v) is 8.52. The second-order valence-corrected chi connectivity index (χ2v) is 6.23. The van der Waals surface area contributed by atoms with Crippen LogP contribution in [0.4, 0.5) is 0 Å². The Kier molecular flexibility index (Phi) is 7.77. The first kappa shape index (κ1) is 19.3. The van der Waals surface area contributed by atoms with Crippen molar-refractivity contribution in [3.8, 4) is 0 Å². The lowest BCUT2D eigenvalue weighted by molar-refractivity contribution is 0.0383. The van der Waals surface area contributed by atoms with Gasteiger partial charge in [0.25, 0.3) is 11.8 Å². The van der Waals surface area contributed by atoms with Crippen LogP contribution in [0.3, 0.4) is 0 Å². The molecule has 2 rings (SSSR count). The standard InChI is InChI=1S/C17H27N5O3/c1-21(2)5-3-19-16(23)14-11-15(13-18-12-14)17(24)20-4-6-22-7-9-25-10-8-22/h11-13H,3-10H2,1-2H3,(H,19,23)(H,20,24). The molecule has 0 aliphatic carbocycles. The first-order valence-electron chi connectivity index (χ1n) is 8.52. The topological polar surface area (TPSA) is 86.8 Å². The molecule has 8 nitrogen and oxygen atoms in total. The molecular formula is C17H27N5O3. The van der Waals surface area contributed by atoms with E-state index in [1.54, 1.807) is 6.07 Å². The fraction of sp³-hybridized carbons (Fsp3) is 0.588. The largest absolute Gasteiger partial charge is 0.379 e. The van der Waals surface area contributed by atoms with Crippen molar-refractivity contribution < 1.29 is 14.3 Å². The number of morpholine rings is 1. The molecule has 2 amide bonds. The Balaban J connectivity index is 1.80. The number of rotatable bonds is 8. The highest BCUT2D eigenvalue weighted by Crippen LogP contribution is 2.03. The first-order chi connectivity index (χ1) is 12.1. The lowest BCUT2D eigenvalue weighted by Crippen LogP contribution is -2.41. The number of nitrogens with zero attached hydrogens (tertiary/aromatic N) is 3. The summed E-state index contributed by atoms with van der Waals surface area (Å²) >= 11 is 0. The molecule has 25 heavy (non-hydrogen) atoms. The Bertz CT molecular complexity index is 573. The van der Waals surface area contributed by atoms with Crippen molar-refractivity contribution in [1.29, 1.82) is 0 Å². The number of carbonyl (C=O) groups is 2. The predicted molar refractivity (Wildman–Crippen MR) is 94.7 cm³/mol. The van der Waals surface area contributed by atoms with Gasteiger partial charge in [0.2, 0.25) is 0 Å². The maximum absolute atomic E-state index is 12.2. The van der Waals surface area contributed by atoms with Gasteiger partial charge in [-0.25, -0.2) is 0 Å². The van der Waals surface area contributed by atoms with Gasteiger partial charge in [-0.05, 0) is 20.2 Å². The summed E-state index contributed by atoms with van der Waals surface area (Å²) in [5.41, 5.74) is 0.779. The Morgan fingerprint density at radius 3 is 2.32 bits per heavy atom. The third kappa shape index (κ3) is 6.77. The molecule has 1 fully saturated rings. The summed E-state index contributed by atoms with van der Waals surface area (Å²) < 4.78 is 5.30. The van der Waals surface area contributed by atoms with E-state index in [1.165, 1.54) is 12.4 Å². The minimum atomic E-state index is -0.225. The molecule has 138 valence electrons. The second kappa shape index (κ2) is 10.1. The van der Waals surface area contributed by atoms with E-state index in [4.69, 9.17) is 4.74 Å². The number of ether oxygens (including phenoxy) is 1. The molecular weight excluding hydrogens is 322 g/mol. The number of amides is 2. The van der Waals surface area contributed by atoms with Crippen molar-refractivity contribution in [3.63, 3.8) is 0 Å². The van der Waals surface area contributed by atoms with E-state index < -0.39 is 0 Å². The van der Waals surface area contributed by atoms with E-state index in [2.05, 4.69) is 20.5 Å². The summed E-state index contributed by atoms with van der Waals surface area (Å²) in [6.45, 7) is 5.89. The maximum atomic E-state index is 12.2. The average Bonchev–Trinajstić information content (AvgIpc) is 2.62. The van der Waals surface area contributed by atoms with Gasteiger partial charge in [-0.1, -0.05) is 0 Å². The monoisotopic (exact) mass is 349 g/mol. The van der Waals surface area contributed by atoms with E-state index in [0.717, 1.165) is 39.4 Å². The summed E-state index contributed by atoms with van der Waals surface area (Å²) in [7, 11) is 3.88. The summed E-state index contributed by atoms with van der Waals surface area (Å²) in [5.74, 6) is -0.444. The Hall–Kier alpha value is -2.03. The average molecular weight is 349 g/mol. The number of likely N-dealkylation sites (N-methyl/N-ethyl adjacent to an activating group) is 1. The molecule has 2 heterocycles. The van der Waals surface area contributed by atoms with E-state index in [1.807, 2.05) is 19.0 Å². The highest BCUT2D eigenvalue weighted by molar-refractivity contribution is 5.99. The highest BCUT2D eigenvalue weighted by atomic mass is 16.5. The van der Waals surface area contributed by atoms with Gasteiger partial charge in [0.15, 0.2) is 0 Å². The van der Waals surface area contributed by atoms with Gasteiger partial charge in [-0.15, -0.1) is 0 Å². The van der Waals surface area contributed by atoms with Crippen LogP contribution in [0.1, 0.15) is 20.7 Å². The van der Waals surface area contributed by atoms with Crippen LogP contribution in [0.15, 0.2) is 18.5 Å². The molecule has 0 atom stereocenters. The van der Waals surface area contributed by atoms with Gasteiger partial charge in [-0.3, -0.25) is 19.5 Å². The Labute approximate surface area is 148 Å². The van der Waals surface area contributed by atoms with Crippen LogP contribution in [0.25, 0.3) is 0 Å². The number of pyridine rings is 1. The highest BCUT2D eigenvalue weighted by Gasteiger charge is 2.13. The lowest BCUT2D eigenvalue weighted by atomic mass is 10.2. The zero-order chi connectivity index (χ0) is 18.1. The number of aromatic nitrogens is 1. The fourth-order valence-electron chi connectivity index (χ4n) is 2.44. The van der Waals surface area contributed by atoms with Crippen LogP contribution < -0.4 is 10.6 Å². The van der Waals surface area contributed by atoms with Crippen LogP contribution >= 0.6 is 0 Å². The summed E-state index contributed by atoms with van der Waals surface area (Å²) in [6.07, 6.45) is 2.94. The van der Waals surface area contributed by atoms with Gasteiger partial charge in [0.1, 0.15) is 0 Å². The summed E-state index contributed by atoms with van der Waals surface area (Å²) in [5, 5.41) is 5.68. The molecule has 1 saturated heterocycles. The SMILES string of the molecule is CN(C)CCNC(=O)c1cncc(C(=O)NCCN2CCOCC2)c1. The van der Waals surface area contributed by atoms with E-state index >= 15 is 0 Å². The van der Waals surface area contributed by atoms with Crippen molar-refractivity contribution in [2.24, 2.45) is 0 Å². The van der Waals surface area contributed by atoms with Crippen LogP contribution in [0.2, 0.25) is 0 Å². The molecule has 0 aromatic carbocycles. The van der Waals surface area contributed by atoms with Crippen molar-refractivity contribution >= 4 is 11.8 Å². The van der Waals surface area contributed by atoms with Gasteiger partial charge < -0.3 is 20.3 Å². The van der Waals surface area contributed by atoms with Crippen LogP contribution in [0, 0.1) is 0 Å². The Morgan fingerprint density at radius 1 is 1.12 bits per heavy atom. The van der Waals surface area contributed by atoms with Crippen LogP contribution in [-0.2, 0) is 4.74 Å². The molecule has 0 saturated carbocycles. The number of nitrogens with one attached hydrogen (secondary N) is 2. The number of hydrogen-bond donors (Lipinski definition) is 2. The zero-order valence-electron chi connectivity index (χ0n) is 15.0. The third-order valence-electron chi connectivity index (χ3n) is 3.92. The molecule has 1 aromatic heterocycles. The Morgan fingerprint density at radius 2 is 1.72 bits per heavy atom. The van der Waals surface area contributed by atoms with Gasteiger partial charge >= 0.3 is 0 Å². The molecule has 1 aromatic rings. The molecule has 1 aliphatic rings. The number of hydrogen-bond acceptors (Lipinski definition) is 6. The third-order valence-corrected chi connectivity index (χ3v) is 3.92. The molecule has 8 heteroatoms. The predicted octanol–water partition coefficient (Wildman–Crippen LogP) is -0.565. The second-order valence-electron chi connectivity index (χ2n) is 6.23. The van der Waals surface area contributed by atoms with Crippen molar-refractivity contribution in [3.05, 3.63) is 29.6 Å². The van der Waals surface area contributed by atoms with E-state index in [9.17, 15) is 9.59 Å². The normalized spacial score (nSPS) is 15.2. The molecule has 0 spiro atoms. The molecule has 2 N–H and O–H groups in total. The molecule has 0 unspecified atom stereocenters. The van der Waals surface area contributed by atoms with Crippen molar-refractivity contribution in [2.45, 2.75) is 0 Å². The maximum Gasteiger partial charge on any atom is 0.252 e. The van der Waals surface area contributed by atoms with Gasteiger partial charge in [-0.2, -0.15) is 0 Å². The van der Waals surface area contributed by atoms with E-state index in [0.29, 0.717) is 24.2 Å². The smallest absolute Gasteiger partial charge is 0.252 e. The van der Waals surface area contributed by atoms with Crippen molar-refractivity contribution in [2.75, 3.05) is 66.6 Å². The summed E-state index contributed by atoms with van der Waals surface area (Å²) in [6, 6.07) is 1.57. The molecule has 0 bridgehead atoms. The molecule has 1 aliphatic heterocycles. The number of carbonyl (C=O) groups excluding carboxylic acids is 2. The lowest BCUT2D eigenvalue weighted by Gasteiger charge is -2.26.